The molecule has 8 heteroatoms. The molecule has 2 bridgehead atoms. The fourth-order valence-corrected chi connectivity index (χ4v) is 3.96. The number of piperidine rings is 1. The Morgan fingerprint density at radius 1 is 1.08 bits per heavy atom. The van der Waals surface area contributed by atoms with Crippen LogP contribution in [0, 0.1) is 5.92 Å². The van der Waals surface area contributed by atoms with Gasteiger partial charge < -0.3 is 15.0 Å². The van der Waals surface area contributed by atoms with E-state index < -0.39 is 12.7 Å². The van der Waals surface area contributed by atoms with Gasteiger partial charge in [-0.1, -0.05) is 0 Å². The number of carbonyl (C=O) groups excluding carboxylic acids is 1. The second kappa shape index (κ2) is 7.47. The van der Waals surface area contributed by atoms with Crippen LogP contribution in [0.2, 0.25) is 0 Å². The lowest BCUT2D eigenvalue weighted by Gasteiger charge is -2.33. The summed E-state index contributed by atoms with van der Waals surface area (Å²) >= 11 is 0. The molecular weight excluding hydrogens is 323 g/mol. The van der Waals surface area contributed by atoms with Crippen molar-refractivity contribution in [2.24, 2.45) is 5.92 Å². The number of hydrogen-bond acceptors (Lipinski definition) is 3. The summed E-state index contributed by atoms with van der Waals surface area (Å²) in [7, 11) is 0. The molecule has 3 heterocycles. The Kier molecular flexibility index (Phi) is 5.54. The predicted octanol–water partition coefficient (Wildman–Crippen LogP) is 2.22. The third-order valence-corrected chi connectivity index (χ3v) is 5.27. The van der Waals surface area contributed by atoms with Gasteiger partial charge in [-0.2, -0.15) is 13.2 Å². The third-order valence-electron chi connectivity index (χ3n) is 5.27. The van der Waals surface area contributed by atoms with Crippen LogP contribution in [-0.2, 0) is 4.74 Å². The lowest BCUT2D eigenvalue weighted by Crippen LogP contribution is -2.50. The minimum atomic E-state index is -4.11. The fraction of sp³-hybridized carbons (Fsp3) is 0.938. The van der Waals surface area contributed by atoms with Gasteiger partial charge in [-0.25, -0.2) is 4.79 Å². The molecule has 0 saturated carbocycles. The highest BCUT2D eigenvalue weighted by Gasteiger charge is 2.36. The Balaban J connectivity index is 1.30. The first-order valence-corrected chi connectivity index (χ1v) is 8.86. The van der Waals surface area contributed by atoms with E-state index in [4.69, 9.17) is 4.74 Å². The number of amides is 2. The minimum Gasteiger partial charge on any atom is -0.371 e. The number of hydrogen-bond donors (Lipinski definition) is 1. The van der Waals surface area contributed by atoms with Crippen molar-refractivity contribution in [2.75, 3.05) is 39.3 Å². The summed E-state index contributed by atoms with van der Waals surface area (Å²) in [5, 5.41) is 2.96. The lowest BCUT2D eigenvalue weighted by atomic mass is 9.93. The maximum atomic E-state index is 12.4. The zero-order valence-electron chi connectivity index (χ0n) is 13.9. The van der Waals surface area contributed by atoms with Crippen LogP contribution in [0.15, 0.2) is 0 Å². The van der Waals surface area contributed by atoms with Gasteiger partial charge in [0, 0.05) is 19.6 Å². The number of urea groups is 1. The largest absolute Gasteiger partial charge is 0.401 e. The molecule has 2 atom stereocenters. The number of morpholine rings is 1. The number of likely N-dealkylation sites (tertiary alicyclic amines) is 2. The smallest absolute Gasteiger partial charge is 0.371 e. The maximum absolute atomic E-state index is 12.4. The molecule has 24 heavy (non-hydrogen) atoms. The number of nitrogens with one attached hydrogen (secondary N) is 1. The topological polar surface area (TPSA) is 44.8 Å². The van der Waals surface area contributed by atoms with Crippen LogP contribution < -0.4 is 5.32 Å². The molecule has 0 aromatic rings. The molecule has 2 amide bonds. The van der Waals surface area contributed by atoms with E-state index in [-0.39, 0.29) is 18.2 Å². The number of rotatable bonds is 4. The van der Waals surface area contributed by atoms with E-state index in [1.165, 1.54) is 4.90 Å². The average Bonchev–Trinajstić information content (AvgIpc) is 2.85. The zero-order chi connectivity index (χ0) is 17.2. The normalized spacial score (nSPS) is 29.0. The van der Waals surface area contributed by atoms with Gasteiger partial charge in [-0.15, -0.1) is 0 Å². The Morgan fingerprint density at radius 2 is 1.71 bits per heavy atom. The van der Waals surface area contributed by atoms with Crippen molar-refractivity contribution in [3.63, 3.8) is 0 Å². The standard InChI is InChI=1S/C16H26F3N3O2/c17-16(18,19)11-21-7-4-12(5-8-21)3-6-20-15(23)22-9-13-1-2-14(10-22)24-13/h12-14H,1-11H2,(H,20,23)/t13-,14+. The van der Waals surface area contributed by atoms with E-state index in [0.717, 1.165) is 32.1 Å². The summed E-state index contributed by atoms with van der Waals surface area (Å²) in [6, 6.07) is -0.0373. The number of nitrogens with zero attached hydrogens (tertiary/aromatic N) is 2. The van der Waals surface area contributed by atoms with Crippen LogP contribution in [0.4, 0.5) is 18.0 Å². The summed E-state index contributed by atoms with van der Waals surface area (Å²) in [5.74, 6) is 0.399. The molecular formula is C16H26F3N3O2. The summed E-state index contributed by atoms with van der Waals surface area (Å²) in [6.45, 7) is 2.09. The molecule has 0 aromatic carbocycles. The molecule has 3 fully saturated rings. The SMILES string of the molecule is O=C(NCCC1CCN(CC(F)(F)F)CC1)N1C[C@H]2CC[C@@H](C1)O2. The van der Waals surface area contributed by atoms with Crippen molar-refractivity contribution in [3.8, 4) is 0 Å². The van der Waals surface area contributed by atoms with E-state index in [2.05, 4.69) is 5.32 Å². The second-order valence-corrected chi connectivity index (χ2v) is 7.22. The van der Waals surface area contributed by atoms with Gasteiger partial charge in [0.2, 0.25) is 0 Å². The number of fused-ring (bicyclic) bond motifs is 2. The first kappa shape index (κ1) is 17.8. The van der Waals surface area contributed by atoms with Crippen molar-refractivity contribution >= 4 is 6.03 Å². The first-order valence-electron chi connectivity index (χ1n) is 8.86. The van der Waals surface area contributed by atoms with Crippen LogP contribution in [0.3, 0.4) is 0 Å². The van der Waals surface area contributed by atoms with E-state index in [1.807, 2.05) is 4.90 Å². The van der Waals surface area contributed by atoms with E-state index in [0.29, 0.717) is 38.6 Å². The summed E-state index contributed by atoms with van der Waals surface area (Å²) < 4.78 is 42.8. The summed E-state index contributed by atoms with van der Waals surface area (Å²) in [6.07, 6.45) is 0.707. The highest BCUT2D eigenvalue weighted by atomic mass is 19.4. The molecule has 0 unspecified atom stereocenters. The molecule has 0 aromatic heterocycles. The fourth-order valence-electron chi connectivity index (χ4n) is 3.96. The van der Waals surface area contributed by atoms with E-state index >= 15 is 0 Å². The van der Waals surface area contributed by atoms with Crippen molar-refractivity contribution in [1.82, 2.24) is 15.1 Å². The third kappa shape index (κ3) is 4.99. The number of ether oxygens (including phenoxy) is 1. The Bertz CT molecular complexity index is 427. The van der Waals surface area contributed by atoms with E-state index in [1.54, 1.807) is 0 Å². The van der Waals surface area contributed by atoms with Gasteiger partial charge in [-0.05, 0) is 51.1 Å². The molecule has 1 N–H and O–H groups in total. The van der Waals surface area contributed by atoms with Gasteiger partial charge in [0.05, 0.1) is 18.8 Å². The second-order valence-electron chi connectivity index (χ2n) is 7.22. The molecule has 3 aliphatic heterocycles. The monoisotopic (exact) mass is 349 g/mol. The maximum Gasteiger partial charge on any atom is 0.401 e. The van der Waals surface area contributed by atoms with Gasteiger partial charge >= 0.3 is 12.2 Å². The minimum absolute atomic E-state index is 0.0373. The van der Waals surface area contributed by atoms with Crippen LogP contribution in [-0.4, -0.2) is 73.5 Å². The van der Waals surface area contributed by atoms with E-state index in [9.17, 15) is 18.0 Å². The first-order chi connectivity index (χ1) is 11.4. The van der Waals surface area contributed by atoms with Gasteiger partial charge in [0.25, 0.3) is 0 Å². The number of halogens is 3. The number of carbonyl (C=O) groups is 1. The molecule has 3 saturated heterocycles. The van der Waals surface area contributed by atoms with Crippen molar-refractivity contribution in [1.29, 1.82) is 0 Å². The van der Waals surface area contributed by atoms with Gasteiger partial charge in [0.1, 0.15) is 0 Å². The summed E-state index contributed by atoms with van der Waals surface area (Å²) in [5.41, 5.74) is 0. The van der Waals surface area contributed by atoms with Crippen molar-refractivity contribution < 1.29 is 22.7 Å². The zero-order valence-corrected chi connectivity index (χ0v) is 13.9. The van der Waals surface area contributed by atoms with Crippen molar-refractivity contribution in [3.05, 3.63) is 0 Å². The van der Waals surface area contributed by atoms with Crippen LogP contribution in [0.25, 0.3) is 0 Å². The Morgan fingerprint density at radius 3 is 2.29 bits per heavy atom. The molecule has 138 valence electrons. The lowest BCUT2D eigenvalue weighted by molar-refractivity contribution is -0.148. The molecule has 0 aliphatic carbocycles. The van der Waals surface area contributed by atoms with Gasteiger partial charge in [0.15, 0.2) is 0 Å². The highest BCUT2D eigenvalue weighted by molar-refractivity contribution is 5.74. The predicted molar refractivity (Wildman–Crippen MR) is 82.7 cm³/mol. The molecule has 0 spiro atoms. The van der Waals surface area contributed by atoms with Crippen LogP contribution in [0.1, 0.15) is 32.1 Å². The Hall–Kier alpha value is -1.02. The summed E-state index contributed by atoms with van der Waals surface area (Å²) in [4.78, 5) is 15.5. The highest BCUT2D eigenvalue weighted by Crippen LogP contribution is 2.26. The molecule has 0 radical (unpaired) electrons. The quantitative estimate of drug-likeness (QED) is 0.847. The Labute approximate surface area is 140 Å². The van der Waals surface area contributed by atoms with Crippen LogP contribution in [0.5, 0.6) is 0 Å². The molecule has 3 rings (SSSR count). The molecule has 3 aliphatic rings. The molecule has 5 nitrogen and oxygen atoms in total. The van der Waals surface area contributed by atoms with Crippen molar-refractivity contribution in [2.45, 2.75) is 50.5 Å². The van der Waals surface area contributed by atoms with Gasteiger partial charge in [-0.3, -0.25) is 4.90 Å². The average molecular weight is 349 g/mol. The number of alkyl halides is 3. The van der Waals surface area contributed by atoms with Crippen LogP contribution >= 0.6 is 0 Å².